The van der Waals surface area contributed by atoms with Gasteiger partial charge >= 0.3 is 5.97 Å². The number of hydrogen-bond donors (Lipinski definition) is 0. The van der Waals surface area contributed by atoms with Crippen molar-refractivity contribution in [2.24, 2.45) is 10.8 Å². The summed E-state index contributed by atoms with van der Waals surface area (Å²) in [6.45, 7) is 11.2. The number of ether oxygens (including phenoxy) is 1. The van der Waals surface area contributed by atoms with E-state index in [1.807, 2.05) is 41.5 Å². The molecule has 0 heterocycles. The fourth-order valence-electron chi connectivity index (χ4n) is 0.977. The van der Waals surface area contributed by atoms with Crippen molar-refractivity contribution in [1.29, 1.82) is 0 Å². The lowest BCUT2D eigenvalue weighted by atomic mass is 9.95. The number of carbonyl (C=O) groups excluding carboxylic acids is 2. The minimum atomic E-state index is -0.352. The van der Waals surface area contributed by atoms with Crippen molar-refractivity contribution in [3.05, 3.63) is 0 Å². The lowest BCUT2D eigenvalue weighted by Gasteiger charge is -2.21. The van der Waals surface area contributed by atoms with Gasteiger partial charge in [-0.05, 0) is 20.8 Å². The van der Waals surface area contributed by atoms with Crippen LogP contribution in [-0.4, -0.2) is 38.0 Å². The Labute approximate surface area is 113 Å². The third-order valence-electron chi connectivity index (χ3n) is 1.85. The van der Waals surface area contributed by atoms with Crippen LogP contribution < -0.4 is 0 Å². The predicted octanol–water partition coefficient (Wildman–Crippen LogP) is 2.96. The second-order valence-corrected chi connectivity index (χ2v) is 6.19. The molecule has 0 aromatic carbocycles. The smallest absolute Gasteiger partial charge is 0.310 e. The number of rotatable bonds is 0. The molecule has 0 aliphatic carbocycles. The van der Waals surface area contributed by atoms with Gasteiger partial charge in [0, 0.05) is 19.5 Å². The van der Waals surface area contributed by atoms with E-state index in [2.05, 4.69) is 4.74 Å². The molecule has 0 aliphatic heterocycles. The molecule has 0 aromatic heterocycles. The predicted molar refractivity (Wildman–Crippen MR) is 76.4 cm³/mol. The van der Waals surface area contributed by atoms with E-state index in [0.29, 0.717) is 0 Å². The van der Waals surface area contributed by atoms with Gasteiger partial charge in [-0.25, -0.2) is 0 Å². The first kappa shape index (κ1) is 22.1. The average Bonchev–Trinajstić information content (AvgIpc) is 2.13. The number of esters is 1. The third-order valence-corrected chi connectivity index (χ3v) is 1.85. The lowest BCUT2D eigenvalue weighted by Crippen LogP contribution is -2.33. The van der Waals surface area contributed by atoms with Crippen molar-refractivity contribution in [3.63, 3.8) is 0 Å². The van der Waals surface area contributed by atoms with E-state index in [0.717, 1.165) is 0 Å². The topological polar surface area (TPSA) is 46.6 Å². The molecule has 0 unspecified atom stereocenters. The van der Waals surface area contributed by atoms with Crippen LogP contribution in [0.5, 0.6) is 0 Å². The van der Waals surface area contributed by atoms with Gasteiger partial charge in [0.25, 0.3) is 0 Å². The minimum Gasteiger partial charge on any atom is -0.469 e. The van der Waals surface area contributed by atoms with Crippen LogP contribution in [0.3, 0.4) is 0 Å². The molecular formula is C14H31NO3. The van der Waals surface area contributed by atoms with Gasteiger partial charge in [-0.3, -0.25) is 9.59 Å². The van der Waals surface area contributed by atoms with Crippen LogP contribution >= 0.6 is 0 Å². The van der Waals surface area contributed by atoms with E-state index in [4.69, 9.17) is 0 Å². The van der Waals surface area contributed by atoms with Gasteiger partial charge in [-0.2, -0.15) is 0 Å². The molecule has 0 N–H and O–H groups in total. The monoisotopic (exact) mass is 261 g/mol. The van der Waals surface area contributed by atoms with Crippen molar-refractivity contribution >= 4 is 11.9 Å². The molecule has 0 spiro atoms. The van der Waals surface area contributed by atoms with Gasteiger partial charge in [-0.15, -0.1) is 0 Å². The van der Waals surface area contributed by atoms with Gasteiger partial charge < -0.3 is 9.64 Å². The molecule has 4 heteroatoms. The Bertz CT molecular complexity index is 257. The quantitative estimate of drug-likeness (QED) is 0.630. The maximum atomic E-state index is 11.1. The standard InChI is InChI=1S/C7H15NO.C6H12O2.CH4/c1-7(2,3)6(9)8(4)5;1-6(2,3)5(7)8-4;/h1-5H3;1-4H3;1H4. The Balaban J connectivity index is -0.000000238. The second-order valence-electron chi connectivity index (χ2n) is 6.19. The van der Waals surface area contributed by atoms with E-state index in [1.54, 1.807) is 19.0 Å². The molecule has 0 bridgehead atoms. The summed E-state index contributed by atoms with van der Waals surface area (Å²) in [6, 6.07) is 0. The maximum absolute atomic E-state index is 11.1. The number of methoxy groups -OCH3 is 1. The molecule has 18 heavy (non-hydrogen) atoms. The Hall–Kier alpha value is -1.06. The van der Waals surface area contributed by atoms with E-state index in [1.165, 1.54) is 7.11 Å². The Morgan fingerprint density at radius 1 is 0.889 bits per heavy atom. The SMILES string of the molecule is C.CN(C)C(=O)C(C)(C)C.COC(=O)C(C)(C)C. The molecule has 0 aromatic rings. The highest BCUT2D eigenvalue weighted by Crippen LogP contribution is 2.15. The maximum Gasteiger partial charge on any atom is 0.310 e. The van der Waals surface area contributed by atoms with Crippen molar-refractivity contribution in [2.75, 3.05) is 21.2 Å². The van der Waals surface area contributed by atoms with Crippen molar-refractivity contribution in [2.45, 2.75) is 49.0 Å². The van der Waals surface area contributed by atoms with Gasteiger partial charge in [0.05, 0.1) is 12.5 Å². The molecule has 4 nitrogen and oxygen atoms in total. The summed E-state index contributed by atoms with van der Waals surface area (Å²) < 4.78 is 4.48. The molecule has 0 rings (SSSR count). The molecule has 0 saturated heterocycles. The summed E-state index contributed by atoms with van der Waals surface area (Å²) in [5, 5.41) is 0. The van der Waals surface area contributed by atoms with Crippen LogP contribution in [0, 0.1) is 10.8 Å². The zero-order valence-electron chi connectivity index (χ0n) is 12.7. The van der Waals surface area contributed by atoms with Crippen molar-refractivity contribution < 1.29 is 14.3 Å². The van der Waals surface area contributed by atoms with Crippen LogP contribution in [0.2, 0.25) is 0 Å². The average molecular weight is 261 g/mol. The largest absolute Gasteiger partial charge is 0.469 e. The lowest BCUT2D eigenvalue weighted by molar-refractivity contribution is -0.149. The highest BCUT2D eigenvalue weighted by molar-refractivity contribution is 5.80. The normalized spacial score (nSPS) is 10.5. The summed E-state index contributed by atoms with van der Waals surface area (Å²) in [4.78, 5) is 23.3. The molecule has 0 radical (unpaired) electrons. The van der Waals surface area contributed by atoms with E-state index >= 15 is 0 Å². The van der Waals surface area contributed by atoms with E-state index < -0.39 is 0 Å². The zero-order valence-corrected chi connectivity index (χ0v) is 12.7. The van der Waals surface area contributed by atoms with Crippen LogP contribution in [-0.2, 0) is 14.3 Å². The number of hydrogen-bond acceptors (Lipinski definition) is 3. The highest BCUT2D eigenvalue weighted by Gasteiger charge is 2.22. The molecular weight excluding hydrogens is 230 g/mol. The van der Waals surface area contributed by atoms with E-state index in [9.17, 15) is 9.59 Å². The molecule has 1 amide bonds. The van der Waals surface area contributed by atoms with Crippen molar-refractivity contribution in [1.82, 2.24) is 4.90 Å². The minimum absolute atomic E-state index is 0. The summed E-state index contributed by atoms with van der Waals surface area (Å²) in [7, 11) is 4.94. The highest BCUT2D eigenvalue weighted by atomic mass is 16.5. The summed E-state index contributed by atoms with van der Waals surface area (Å²) in [5.41, 5.74) is -0.585. The first-order valence-corrected chi connectivity index (χ1v) is 5.64. The molecule has 110 valence electrons. The van der Waals surface area contributed by atoms with Gasteiger partial charge in [0.1, 0.15) is 0 Å². The first-order chi connectivity index (χ1) is 7.34. The van der Waals surface area contributed by atoms with Crippen LogP contribution in [0.4, 0.5) is 0 Å². The van der Waals surface area contributed by atoms with Gasteiger partial charge in [0.15, 0.2) is 0 Å². The Kier molecular flexibility index (Phi) is 9.98. The van der Waals surface area contributed by atoms with Crippen molar-refractivity contribution in [3.8, 4) is 0 Å². The Morgan fingerprint density at radius 2 is 1.22 bits per heavy atom. The van der Waals surface area contributed by atoms with E-state index in [-0.39, 0.29) is 30.1 Å². The summed E-state index contributed by atoms with van der Waals surface area (Å²) >= 11 is 0. The summed E-state index contributed by atoms with van der Waals surface area (Å²) in [6.07, 6.45) is 0. The summed E-state index contributed by atoms with van der Waals surface area (Å²) in [5.74, 6) is 0.000000000000000666. The fraction of sp³-hybridized carbons (Fsp3) is 0.857. The fourth-order valence-corrected chi connectivity index (χ4v) is 0.977. The molecule has 0 aliphatic rings. The Morgan fingerprint density at radius 3 is 1.22 bits per heavy atom. The molecule has 0 saturated carbocycles. The number of amides is 1. The van der Waals surface area contributed by atoms with Gasteiger partial charge in [-0.1, -0.05) is 28.2 Å². The van der Waals surface area contributed by atoms with Crippen LogP contribution in [0.15, 0.2) is 0 Å². The zero-order chi connectivity index (χ0) is 14.4. The van der Waals surface area contributed by atoms with Crippen LogP contribution in [0.25, 0.3) is 0 Å². The third kappa shape index (κ3) is 10.1. The van der Waals surface area contributed by atoms with Crippen LogP contribution in [0.1, 0.15) is 49.0 Å². The van der Waals surface area contributed by atoms with Gasteiger partial charge in [0.2, 0.25) is 5.91 Å². The molecule has 0 atom stereocenters. The number of nitrogens with zero attached hydrogens (tertiary/aromatic N) is 1. The molecule has 0 fully saturated rings. The number of carbonyl (C=O) groups is 2. The second kappa shape index (κ2) is 8.11. The first-order valence-electron chi connectivity index (χ1n) is 5.64.